The molecule has 0 aliphatic heterocycles. The van der Waals surface area contributed by atoms with Crippen LogP contribution in [0.25, 0.3) is 0 Å². The summed E-state index contributed by atoms with van der Waals surface area (Å²) in [6.07, 6.45) is -3.49. The summed E-state index contributed by atoms with van der Waals surface area (Å²) in [6.45, 7) is 1.29. The number of carbonyl (C=O) groups is 2. The van der Waals surface area contributed by atoms with Crippen LogP contribution >= 0.6 is 0 Å². The van der Waals surface area contributed by atoms with E-state index in [4.69, 9.17) is 0 Å². The van der Waals surface area contributed by atoms with Crippen LogP contribution in [0.5, 0.6) is 5.75 Å². The summed E-state index contributed by atoms with van der Waals surface area (Å²) in [6, 6.07) is 5.92. The number of nitrogens with one attached hydrogen (secondary N) is 2. The number of alkyl halides is 3. The van der Waals surface area contributed by atoms with E-state index in [1.165, 1.54) is 30.5 Å². The molecule has 1 aromatic carbocycles. The van der Waals surface area contributed by atoms with E-state index in [0.717, 1.165) is 6.07 Å². The monoisotopic (exact) mass is 385 g/mol. The number of ether oxygens (including phenoxy) is 1. The second-order valence-corrected chi connectivity index (χ2v) is 5.29. The van der Waals surface area contributed by atoms with Crippen LogP contribution in [0.4, 0.5) is 23.4 Å². The summed E-state index contributed by atoms with van der Waals surface area (Å²) in [4.78, 5) is 27.4. The Labute approximate surface area is 151 Å². The molecule has 0 radical (unpaired) electrons. The van der Waals surface area contributed by atoms with Gasteiger partial charge in [0.1, 0.15) is 5.82 Å². The molecule has 0 aliphatic rings. The molecule has 0 saturated heterocycles. The molecule has 0 bridgehead atoms. The maximum atomic E-state index is 14.1. The van der Waals surface area contributed by atoms with Crippen LogP contribution in [-0.2, 0) is 11.3 Å². The van der Waals surface area contributed by atoms with Gasteiger partial charge < -0.3 is 15.4 Å². The zero-order valence-corrected chi connectivity index (χ0v) is 14.1. The molecule has 0 aliphatic carbocycles. The smallest absolute Gasteiger partial charge is 0.403 e. The summed E-state index contributed by atoms with van der Waals surface area (Å²) >= 11 is 0. The number of aromatic nitrogens is 1. The lowest BCUT2D eigenvalue weighted by atomic mass is 10.2. The zero-order chi connectivity index (χ0) is 20.0. The number of anilines is 1. The Hall–Kier alpha value is -3.17. The van der Waals surface area contributed by atoms with E-state index in [1.807, 2.05) is 0 Å². The zero-order valence-electron chi connectivity index (χ0n) is 14.1. The molecule has 0 fully saturated rings. The van der Waals surface area contributed by atoms with Crippen LogP contribution < -0.4 is 15.4 Å². The van der Waals surface area contributed by atoms with E-state index in [1.54, 1.807) is 6.92 Å². The Morgan fingerprint density at radius 2 is 1.96 bits per heavy atom. The first-order chi connectivity index (χ1) is 12.7. The molecule has 0 saturated carbocycles. The van der Waals surface area contributed by atoms with Crippen molar-refractivity contribution in [2.75, 3.05) is 5.32 Å². The molecule has 2 aromatic rings. The van der Waals surface area contributed by atoms with Gasteiger partial charge in [0.25, 0.3) is 5.91 Å². The fourth-order valence-corrected chi connectivity index (χ4v) is 2.05. The number of hydrogen-bond donors (Lipinski definition) is 2. The van der Waals surface area contributed by atoms with Crippen LogP contribution in [0.1, 0.15) is 29.3 Å². The molecular formula is C17H15F4N3O3. The molecule has 2 N–H and O–H groups in total. The predicted octanol–water partition coefficient (Wildman–Crippen LogP) is 3.40. The number of nitrogens with zero attached hydrogens (tertiary/aromatic N) is 1. The highest BCUT2D eigenvalue weighted by Crippen LogP contribution is 2.27. The second-order valence-electron chi connectivity index (χ2n) is 5.29. The van der Waals surface area contributed by atoms with Gasteiger partial charge in [-0.25, -0.2) is 9.37 Å². The van der Waals surface area contributed by atoms with Crippen LogP contribution in [0, 0.1) is 5.82 Å². The minimum absolute atomic E-state index is 0.138. The molecule has 27 heavy (non-hydrogen) atoms. The number of pyridine rings is 1. The van der Waals surface area contributed by atoms with E-state index >= 15 is 0 Å². The van der Waals surface area contributed by atoms with Gasteiger partial charge in [-0.1, -0.05) is 19.1 Å². The highest BCUT2D eigenvalue weighted by molar-refractivity contribution is 5.96. The van der Waals surface area contributed by atoms with Crippen molar-refractivity contribution in [3.8, 4) is 5.75 Å². The number of carbonyl (C=O) groups excluding carboxylic acids is 2. The number of rotatable bonds is 6. The van der Waals surface area contributed by atoms with Crippen molar-refractivity contribution in [2.45, 2.75) is 26.3 Å². The van der Waals surface area contributed by atoms with Crippen molar-refractivity contribution in [3.63, 3.8) is 0 Å². The van der Waals surface area contributed by atoms with Crippen molar-refractivity contribution >= 4 is 17.6 Å². The van der Waals surface area contributed by atoms with Crippen LogP contribution in [0.15, 0.2) is 36.5 Å². The molecule has 10 heteroatoms. The minimum Gasteiger partial charge on any atom is -0.403 e. The van der Waals surface area contributed by atoms with Crippen LogP contribution in [0.3, 0.4) is 0 Å². The van der Waals surface area contributed by atoms with Crippen molar-refractivity contribution in [2.24, 2.45) is 0 Å². The molecule has 0 unspecified atom stereocenters. The van der Waals surface area contributed by atoms with E-state index < -0.39 is 23.8 Å². The predicted molar refractivity (Wildman–Crippen MR) is 87.4 cm³/mol. The summed E-state index contributed by atoms with van der Waals surface area (Å²) in [5.74, 6) is -2.95. The number of benzene rings is 1. The third-order valence-electron chi connectivity index (χ3n) is 3.32. The molecular weight excluding hydrogens is 370 g/mol. The number of halogens is 4. The largest absolute Gasteiger partial charge is 0.573 e. The van der Waals surface area contributed by atoms with Gasteiger partial charge in [0, 0.05) is 30.3 Å². The lowest BCUT2D eigenvalue weighted by Crippen LogP contribution is -2.24. The summed E-state index contributed by atoms with van der Waals surface area (Å²) < 4.78 is 54.4. The van der Waals surface area contributed by atoms with Gasteiger partial charge in [-0.15, -0.1) is 13.2 Å². The van der Waals surface area contributed by atoms with Gasteiger partial charge in [-0.05, 0) is 18.2 Å². The van der Waals surface area contributed by atoms with Crippen molar-refractivity contribution in [1.29, 1.82) is 0 Å². The SMILES string of the molecule is CCC(=O)Nc1cc(C(=O)NCc2cccc(OC(F)(F)F)c2F)ccn1. The Morgan fingerprint density at radius 1 is 1.22 bits per heavy atom. The van der Waals surface area contributed by atoms with E-state index in [-0.39, 0.29) is 35.8 Å². The van der Waals surface area contributed by atoms with Crippen molar-refractivity contribution in [3.05, 3.63) is 53.5 Å². The van der Waals surface area contributed by atoms with Gasteiger partial charge in [-0.2, -0.15) is 0 Å². The third kappa shape index (κ3) is 5.94. The fourth-order valence-electron chi connectivity index (χ4n) is 2.05. The van der Waals surface area contributed by atoms with Crippen molar-refractivity contribution in [1.82, 2.24) is 10.3 Å². The minimum atomic E-state index is -5.03. The lowest BCUT2D eigenvalue weighted by molar-refractivity contribution is -0.275. The highest BCUT2D eigenvalue weighted by atomic mass is 19.4. The second kappa shape index (κ2) is 8.47. The van der Waals surface area contributed by atoms with Gasteiger partial charge in [-0.3, -0.25) is 9.59 Å². The molecule has 1 aromatic heterocycles. The molecule has 0 atom stereocenters. The van der Waals surface area contributed by atoms with Gasteiger partial charge in [0.05, 0.1) is 0 Å². The lowest BCUT2D eigenvalue weighted by Gasteiger charge is -2.12. The average Bonchev–Trinajstić information content (AvgIpc) is 2.61. The van der Waals surface area contributed by atoms with E-state index in [9.17, 15) is 27.2 Å². The third-order valence-corrected chi connectivity index (χ3v) is 3.32. The molecule has 144 valence electrons. The average molecular weight is 385 g/mol. The summed E-state index contributed by atoms with van der Waals surface area (Å²) in [5.41, 5.74) is -0.0434. The van der Waals surface area contributed by atoms with E-state index in [2.05, 4.69) is 20.4 Å². The standard InChI is InChI=1S/C17H15F4N3O3/c1-2-14(25)24-13-8-10(6-7-22-13)16(26)23-9-11-4-3-5-12(15(11)18)27-17(19,20)21/h3-8H,2,9H2,1H3,(H,23,26)(H,22,24,25). The first kappa shape index (κ1) is 20.1. The van der Waals surface area contributed by atoms with Crippen molar-refractivity contribution < 1.29 is 31.9 Å². The Balaban J connectivity index is 2.07. The molecule has 2 amide bonds. The summed E-state index contributed by atoms with van der Waals surface area (Å²) in [7, 11) is 0. The fraction of sp³-hybridized carbons (Fsp3) is 0.235. The molecule has 2 rings (SSSR count). The van der Waals surface area contributed by atoms with Gasteiger partial charge >= 0.3 is 6.36 Å². The topological polar surface area (TPSA) is 80.3 Å². The summed E-state index contributed by atoms with van der Waals surface area (Å²) in [5, 5.41) is 4.87. The quantitative estimate of drug-likeness (QED) is 0.747. The normalized spacial score (nSPS) is 11.0. The first-order valence-electron chi connectivity index (χ1n) is 7.77. The highest BCUT2D eigenvalue weighted by Gasteiger charge is 2.32. The maximum absolute atomic E-state index is 14.1. The van der Waals surface area contributed by atoms with E-state index in [0.29, 0.717) is 0 Å². The van der Waals surface area contributed by atoms with Gasteiger partial charge in [0.15, 0.2) is 11.6 Å². The Bertz CT molecular complexity index is 840. The molecule has 1 heterocycles. The van der Waals surface area contributed by atoms with Crippen LogP contribution in [0.2, 0.25) is 0 Å². The molecule has 6 nitrogen and oxygen atoms in total. The number of amides is 2. The maximum Gasteiger partial charge on any atom is 0.573 e. The Kier molecular flexibility index (Phi) is 6.32. The van der Waals surface area contributed by atoms with Crippen LogP contribution in [-0.4, -0.2) is 23.2 Å². The number of hydrogen-bond acceptors (Lipinski definition) is 4. The Morgan fingerprint density at radius 3 is 2.63 bits per heavy atom. The first-order valence-corrected chi connectivity index (χ1v) is 7.77. The molecule has 0 spiro atoms. The van der Waals surface area contributed by atoms with Gasteiger partial charge in [0.2, 0.25) is 5.91 Å².